The summed E-state index contributed by atoms with van der Waals surface area (Å²) >= 11 is 0. The predicted octanol–water partition coefficient (Wildman–Crippen LogP) is 2.56. The number of anilines is 1. The Morgan fingerprint density at radius 2 is 1.97 bits per heavy atom. The standard InChI is InChI=1S/C22H26F2N6O/c1-29-8-4-15(5-9-29)10-19(31)28-17-11-22(23,24)14-30(13-17)18-3-2-16(12-25)20-21(18)27-7-6-26-20/h2-3,6-7,15,17H,4-5,8-11,13-14H2,1H3,(H,28,31). The summed E-state index contributed by atoms with van der Waals surface area (Å²) in [6, 6.07) is 4.61. The van der Waals surface area contributed by atoms with Crippen LogP contribution in [0.25, 0.3) is 11.0 Å². The molecule has 4 rings (SSSR count). The number of halogens is 2. The van der Waals surface area contributed by atoms with Crippen molar-refractivity contribution in [2.75, 3.05) is 38.1 Å². The minimum absolute atomic E-state index is 0.165. The molecule has 1 atom stereocenters. The van der Waals surface area contributed by atoms with Crippen molar-refractivity contribution < 1.29 is 13.6 Å². The molecule has 0 aliphatic carbocycles. The van der Waals surface area contributed by atoms with Gasteiger partial charge in [0.1, 0.15) is 17.1 Å². The summed E-state index contributed by atoms with van der Waals surface area (Å²) in [7, 11) is 2.06. The number of nitrogens with zero attached hydrogens (tertiary/aromatic N) is 5. The van der Waals surface area contributed by atoms with Crippen LogP contribution in [0.1, 0.15) is 31.2 Å². The zero-order valence-electron chi connectivity index (χ0n) is 17.5. The number of carbonyl (C=O) groups is 1. The molecule has 3 heterocycles. The molecular formula is C22H26F2N6O. The summed E-state index contributed by atoms with van der Waals surface area (Å²) in [4.78, 5) is 24.8. The molecular weight excluding hydrogens is 402 g/mol. The van der Waals surface area contributed by atoms with Crippen LogP contribution in [0.4, 0.5) is 14.5 Å². The first kappa shape index (κ1) is 21.4. The summed E-state index contributed by atoms with van der Waals surface area (Å²) in [6.07, 6.45) is 4.85. The number of carbonyl (C=O) groups excluding carboxylic acids is 1. The van der Waals surface area contributed by atoms with Crippen molar-refractivity contribution in [3.63, 3.8) is 0 Å². The number of hydrogen-bond acceptors (Lipinski definition) is 6. The summed E-state index contributed by atoms with van der Waals surface area (Å²) in [5.41, 5.74) is 1.64. The molecule has 1 unspecified atom stereocenters. The normalized spacial score (nSPS) is 22.3. The highest BCUT2D eigenvalue weighted by atomic mass is 19.3. The Morgan fingerprint density at radius 1 is 1.26 bits per heavy atom. The average molecular weight is 428 g/mol. The molecule has 9 heteroatoms. The minimum Gasteiger partial charge on any atom is -0.362 e. The van der Waals surface area contributed by atoms with Crippen LogP contribution < -0.4 is 10.2 Å². The molecule has 2 fully saturated rings. The summed E-state index contributed by atoms with van der Waals surface area (Å²) < 4.78 is 29.2. The van der Waals surface area contributed by atoms with Crippen LogP contribution in [0.5, 0.6) is 0 Å². The third-order valence-corrected chi connectivity index (χ3v) is 6.15. The molecule has 2 saturated heterocycles. The number of nitriles is 1. The summed E-state index contributed by atoms with van der Waals surface area (Å²) in [5, 5.41) is 12.1. The summed E-state index contributed by atoms with van der Waals surface area (Å²) in [5.74, 6) is -2.82. The van der Waals surface area contributed by atoms with Crippen LogP contribution in [-0.4, -0.2) is 66.0 Å². The molecule has 2 aliphatic heterocycles. The average Bonchev–Trinajstić information content (AvgIpc) is 2.73. The number of benzene rings is 1. The van der Waals surface area contributed by atoms with Crippen LogP contribution in [0.3, 0.4) is 0 Å². The molecule has 0 radical (unpaired) electrons. The third-order valence-electron chi connectivity index (χ3n) is 6.15. The number of hydrogen-bond donors (Lipinski definition) is 1. The Labute approximate surface area is 180 Å². The number of rotatable bonds is 4. The summed E-state index contributed by atoms with van der Waals surface area (Å²) in [6.45, 7) is 1.71. The lowest BCUT2D eigenvalue weighted by Crippen LogP contribution is -2.55. The largest absolute Gasteiger partial charge is 0.362 e. The zero-order chi connectivity index (χ0) is 22.0. The van der Waals surface area contributed by atoms with Gasteiger partial charge in [0.2, 0.25) is 5.91 Å². The van der Waals surface area contributed by atoms with E-state index in [2.05, 4.69) is 33.3 Å². The van der Waals surface area contributed by atoms with E-state index in [-0.39, 0.29) is 18.9 Å². The lowest BCUT2D eigenvalue weighted by Gasteiger charge is -2.39. The van der Waals surface area contributed by atoms with E-state index in [9.17, 15) is 18.8 Å². The molecule has 1 aromatic heterocycles. The quantitative estimate of drug-likeness (QED) is 0.806. The van der Waals surface area contributed by atoms with E-state index in [4.69, 9.17) is 0 Å². The monoisotopic (exact) mass is 428 g/mol. The van der Waals surface area contributed by atoms with Gasteiger partial charge in [-0.15, -0.1) is 0 Å². The van der Waals surface area contributed by atoms with Crippen molar-refractivity contribution >= 4 is 22.6 Å². The van der Waals surface area contributed by atoms with Gasteiger partial charge >= 0.3 is 0 Å². The van der Waals surface area contributed by atoms with Crippen molar-refractivity contribution in [2.24, 2.45) is 5.92 Å². The first-order valence-corrected chi connectivity index (χ1v) is 10.6. The van der Waals surface area contributed by atoms with E-state index in [0.717, 1.165) is 25.9 Å². The van der Waals surface area contributed by atoms with Crippen LogP contribution in [0.2, 0.25) is 0 Å². The van der Waals surface area contributed by atoms with Gasteiger partial charge in [0, 0.05) is 31.8 Å². The molecule has 7 nitrogen and oxygen atoms in total. The highest BCUT2D eigenvalue weighted by Gasteiger charge is 2.41. The number of piperidine rings is 2. The molecule has 2 aliphatic rings. The fraction of sp³-hybridized carbons (Fsp3) is 0.545. The molecule has 2 aromatic rings. The third kappa shape index (κ3) is 4.90. The zero-order valence-corrected chi connectivity index (χ0v) is 17.5. The number of aromatic nitrogens is 2. The van der Waals surface area contributed by atoms with Gasteiger partial charge in [-0.1, -0.05) is 0 Å². The Bertz CT molecular complexity index is 999. The second-order valence-electron chi connectivity index (χ2n) is 8.65. The molecule has 31 heavy (non-hydrogen) atoms. The van der Waals surface area contributed by atoms with E-state index >= 15 is 0 Å². The van der Waals surface area contributed by atoms with Gasteiger partial charge in [-0.3, -0.25) is 14.8 Å². The SMILES string of the molecule is CN1CCC(CC(=O)NC2CN(c3ccc(C#N)c4nccnc34)CC(F)(F)C2)CC1. The van der Waals surface area contributed by atoms with Crippen LogP contribution >= 0.6 is 0 Å². The van der Waals surface area contributed by atoms with E-state index in [1.807, 2.05) is 0 Å². The fourth-order valence-corrected chi connectivity index (χ4v) is 4.58. The van der Waals surface area contributed by atoms with Gasteiger partial charge in [0.15, 0.2) is 0 Å². The Kier molecular flexibility index (Phi) is 6.01. The first-order valence-electron chi connectivity index (χ1n) is 10.6. The molecule has 0 saturated carbocycles. The van der Waals surface area contributed by atoms with Crippen molar-refractivity contribution in [3.8, 4) is 6.07 Å². The maximum atomic E-state index is 14.6. The Balaban J connectivity index is 1.50. The highest BCUT2D eigenvalue weighted by Crippen LogP contribution is 2.34. The number of fused-ring (bicyclic) bond motifs is 1. The lowest BCUT2D eigenvalue weighted by molar-refractivity contribution is -0.123. The molecule has 164 valence electrons. The van der Waals surface area contributed by atoms with Gasteiger partial charge in [0.25, 0.3) is 5.92 Å². The topological polar surface area (TPSA) is 85.2 Å². The fourth-order valence-electron chi connectivity index (χ4n) is 4.58. The van der Waals surface area contributed by atoms with Crippen LogP contribution in [0, 0.1) is 17.2 Å². The van der Waals surface area contributed by atoms with Crippen molar-refractivity contribution in [1.82, 2.24) is 20.2 Å². The highest BCUT2D eigenvalue weighted by molar-refractivity contribution is 5.92. The van der Waals surface area contributed by atoms with Gasteiger partial charge in [-0.2, -0.15) is 5.26 Å². The molecule has 0 spiro atoms. The first-order chi connectivity index (χ1) is 14.8. The molecule has 1 aromatic carbocycles. The van der Waals surface area contributed by atoms with Gasteiger partial charge in [-0.25, -0.2) is 8.78 Å². The number of likely N-dealkylation sites (tertiary alicyclic amines) is 1. The molecule has 1 N–H and O–H groups in total. The molecule has 1 amide bonds. The van der Waals surface area contributed by atoms with Gasteiger partial charge < -0.3 is 15.1 Å². The maximum Gasteiger partial charge on any atom is 0.267 e. The Hall–Kier alpha value is -2.86. The molecule has 0 bridgehead atoms. The predicted molar refractivity (Wildman–Crippen MR) is 113 cm³/mol. The van der Waals surface area contributed by atoms with E-state index in [0.29, 0.717) is 34.6 Å². The van der Waals surface area contributed by atoms with E-state index in [1.54, 1.807) is 17.0 Å². The van der Waals surface area contributed by atoms with Crippen LogP contribution in [-0.2, 0) is 4.79 Å². The van der Waals surface area contributed by atoms with Gasteiger partial charge in [-0.05, 0) is 51.0 Å². The second-order valence-corrected chi connectivity index (χ2v) is 8.65. The minimum atomic E-state index is -2.95. The van der Waals surface area contributed by atoms with Crippen molar-refractivity contribution in [3.05, 3.63) is 30.1 Å². The number of amides is 1. The number of nitrogens with one attached hydrogen (secondary N) is 1. The van der Waals surface area contributed by atoms with Crippen molar-refractivity contribution in [1.29, 1.82) is 5.26 Å². The Morgan fingerprint density at radius 3 is 2.68 bits per heavy atom. The van der Waals surface area contributed by atoms with Crippen molar-refractivity contribution in [2.45, 2.75) is 37.6 Å². The second kappa shape index (κ2) is 8.71. The van der Waals surface area contributed by atoms with Gasteiger partial charge in [0.05, 0.1) is 23.8 Å². The maximum absolute atomic E-state index is 14.6. The van der Waals surface area contributed by atoms with Crippen LogP contribution in [0.15, 0.2) is 24.5 Å². The number of alkyl halides is 2. The van der Waals surface area contributed by atoms with E-state index in [1.165, 1.54) is 12.4 Å². The van der Waals surface area contributed by atoms with E-state index < -0.39 is 18.5 Å². The smallest absolute Gasteiger partial charge is 0.267 e. The lowest BCUT2D eigenvalue weighted by atomic mass is 9.93.